The molecule has 1 aromatic rings. The van der Waals surface area contributed by atoms with Gasteiger partial charge in [0.2, 0.25) is 0 Å². The van der Waals surface area contributed by atoms with Gasteiger partial charge in [-0.3, -0.25) is 0 Å². The quantitative estimate of drug-likeness (QED) is 0.746. The van der Waals surface area contributed by atoms with Gasteiger partial charge in [0.1, 0.15) is 0 Å². The van der Waals surface area contributed by atoms with Crippen LogP contribution in [0.25, 0.3) is 0 Å². The SMILES string of the molecule is CNC1CC(C)(C)Cc2scnc21. The Hall–Kier alpha value is -0.410. The highest BCUT2D eigenvalue weighted by Gasteiger charge is 2.33. The molecule has 0 radical (unpaired) electrons. The topological polar surface area (TPSA) is 24.9 Å². The molecular formula is C10H16N2S. The van der Waals surface area contributed by atoms with Crippen LogP contribution in [0.15, 0.2) is 5.51 Å². The number of aromatic nitrogens is 1. The van der Waals surface area contributed by atoms with Crippen LogP contribution >= 0.6 is 11.3 Å². The van der Waals surface area contributed by atoms with Crippen molar-refractivity contribution in [3.8, 4) is 0 Å². The summed E-state index contributed by atoms with van der Waals surface area (Å²) < 4.78 is 0. The summed E-state index contributed by atoms with van der Waals surface area (Å²) in [7, 11) is 2.02. The maximum absolute atomic E-state index is 4.43. The lowest BCUT2D eigenvalue weighted by molar-refractivity contribution is 0.264. The number of hydrogen-bond donors (Lipinski definition) is 1. The van der Waals surface area contributed by atoms with Crippen molar-refractivity contribution in [1.82, 2.24) is 10.3 Å². The molecule has 1 aliphatic rings. The molecule has 0 spiro atoms. The maximum Gasteiger partial charge on any atom is 0.0798 e. The van der Waals surface area contributed by atoms with Crippen LogP contribution < -0.4 is 5.32 Å². The molecule has 0 fully saturated rings. The summed E-state index contributed by atoms with van der Waals surface area (Å²) >= 11 is 1.80. The van der Waals surface area contributed by atoms with E-state index in [0.717, 1.165) is 0 Å². The van der Waals surface area contributed by atoms with E-state index in [0.29, 0.717) is 11.5 Å². The first-order valence-corrected chi connectivity index (χ1v) is 5.60. The number of thiazole rings is 1. The number of nitrogens with one attached hydrogen (secondary N) is 1. The van der Waals surface area contributed by atoms with Crippen molar-refractivity contribution in [3.05, 3.63) is 16.1 Å². The van der Waals surface area contributed by atoms with Gasteiger partial charge in [0.15, 0.2) is 0 Å². The minimum absolute atomic E-state index is 0.424. The van der Waals surface area contributed by atoms with Crippen LogP contribution in [0.2, 0.25) is 0 Å². The predicted octanol–water partition coefficient (Wildman–Crippen LogP) is 2.38. The molecule has 0 saturated heterocycles. The Balaban J connectivity index is 2.36. The maximum atomic E-state index is 4.43. The summed E-state index contributed by atoms with van der Waals surface area (Å²) in [5, 5.41) is 3.35. The first-order valence-electron chi connectivity index (χ1n) is 4.72. The fraction of sp³-hybridized carbons (Fsp3) is 0.700. The van der Waals surface area contributed by atoms with Gasteiger partial charge in [-0.1, -0.05) is 13.8 Å². The standard InChI is InChI=1S/C10H16N2S/c1-10(2)4-7(11-3)9-8(5-10)13-6-12-9/h6-7,11H,4-5H2,1-3H3. The van der Waals surface area contributed by atoms with Crippen molar-refractivity contribution in [2.24, 2.45) is 5.41 Å². The van der Waals surface area contributed by atoms with Crippen LogP contribution in [0.4, 0.5) is 0 Å². The van der Waals surface area contributed by atoms with Crippen molar-refractivity contribution >= 4 is 11.3 Å². The number of hydrogen-bond acceptors (Lipinski definition) is 3. The van der Waals surface area contributed by atoms with Gasteiger partial charge in [0.05, 0.1) is 17.2 Å². The van der Waals surface area contributed by atoms with Crippen molar-refractivity contribution < 1.29 is 0 Å². The molecule has 0 bridgehead atoms. The molecule has 1 unspecified atom stereocenters. The van der Waals surface area contributed by atoms with Crippen LogP contribution in [-0.4, -0.2) is 12.0 Å². The minimum Gasteiger partial charge on any atom is -0.312 e. The highest BCUT2D eigenvalue weighted by molar-refractivity contribution is 7.09. The Bertz CT molecular complexity index is 304. The van der Waals surface area contributed by atoms with Gasteiger partial charge in [-0.05, 0) is 25.3 Å². The average Bonchev–Trinajstić information content (AvgIpc) is 2.48. The van der Waals surface area contributed by atoms with E-state index in [1.807, 2.05) is 12.6 Å². The number of nitrogens with zero attached hydrogens (tertiary/aromatic N) is 1. The van der Waals surface area contributed by atoms with Crippen molar-refractivity contribution in [2.45, 2.75) is 32.7 Å². The van der Waals surface area contributed by atoms with Crippen molar-refractivity contribution in [2.75, 3.05) is 7.05 Å². The monoisotopic (exact) mass is 196 g/mol. The highest BCUT2D eigenvalue weighted by atomic mass is 32.1. The van der Waals surface area contributed by atoms with E-state index in [2.05, 4.69) is 24.1 Å². The Morgan fingerprint density at radius 1 is 1.62 bits per heavy atom. The third-order valence-electron chi connectivity index (χ3n) is 2.75. The van der Waals surface area contributed by atoms with Gasteiger partial charge >= 0.3 is 0 Å². The second-order valence-corrected chi connectivity index (χ2v) is 5.49. The van der Waals surface area contributed by atoms with Gasteiger partial charge in [-0.25, -0.2) is 4.98 Å². The first kappa shape index (κ1) is 9.16. The molecule has 0 aromatic carbocycles. The molecule has 1 heterocycles. The van der Waals surface area contributed by atoms with E-state index in [-0.39, 0.29) is 0 Å². The van der Waals surface area contributed by atoms with Crippen LogP contribution in [0.1, 0.15) is 36.9 Å². The van der Waals surface area contributed by atoms with E-state index in [4.69, 9.17) is 0 Å². The van der Waals surface area contributed by atoms with Gasteiger partial charge in [-0.2, -0.15) is 0 Å². The fourth-order valence-corrected chi connectivity index (χ4v) is 3.17. The molecular weight excluding hydrogens is 180 g/mol. The molecule has 1 aliphatic carbocycles. The van der Waals surface area contributed by atoms with Gasteiger partial charge < -0.3 is 5.32 Å². The summed E-state index contributed by atoms with van der Waals surface area (Å²) in [5.74, 6) is 0. The van der Waals surface area contributed by atoms with E-state index >= 15 is 0 Å². The fourth-order valence-electron chi connectivity index (χ4n) is 2.09. The lowest BCUT2D eigenvalue weighted by Gasteiger charge is -2.34. The third kappa shape index (κ3) is 1.63. The third-order valence-corrected chi connectivity index (χ3v) is 3.60. The zero-order valence-electron chi connectivity index (χ0n) is 8.42. The second-order valence-electron chi connectivity index (χ2n) is 4.55. The number of rotatable bonds is 1. The van der Waals surface area contributed by atoms with E-state index in [9.17, 15) is 0 Å². The lowest BCUT2D eigenvalue weighted by Crippen LogP contribution is -2.31. The van der Waals surface area contributed by atoms with E-state index in [1.54, 1.807) is 11.3 Å². The Morgan fingerprint density at radius 2 is 2.38 bits per heavy atom. The highest BCUT2D eigenvalue weighted by Crippen LogP contribution is 2.41. The molecule has 72 valence electrons. The Kier molecular flexibility index (Phi) is 2.16. The molecule has 0 saturated carbocycles. The molecule has 3 heteroatoms. The molecule has 1 atom stereocenters. The second kappa shape index (κ2) is 3.07. The molecule has 0 aliphatic heterocycles. The molecule has 0 amide bonds. The zero-order valence-corrected chi connectivity index (χ0v) is 9.24. The summed E-state index contributed by atoms with van der Waals surface area (Å²) in [5.41, 5.74) is 3.68. The predicted molar refractivity (Wildman–Crippen MR) is 56.0 cm³/mol. The molecule has 2 rings (SSSR count). The summed E-state index contributed by atoms with van der Waals surface area (Å²) in [4.78, 5) is 5.90. The summed E-state index contributed by atoms with van der Waals surface area (Å²) in [6.45, 7) is 4.67. The van der Waals surface area contributed by atoms with Crippen LogP contribution in [0, 0.1) is 5.41 Å². The van der Waals surface area contributed by atoms with Crippen molar-refractivity contribution in [1.29, 1.82) is 0 Å². The average molecular weight is 196 g/mol. The minimum atomic E-state index is 0.424. The summed E-state index contributed by atoms with van der Waals surface area (Å²) in [6.07, 6.45) is 2.38. The number of fused-ring (bicyclic) bond motifs is 1. The zero-order chi connectivity index (χ0) is 9.47. The van der Waals surface area contributed by atoms with Gasteiger partial charge in [-0.15, -0.1) is 11.3 Å². The Morgan fingerprint density at radius 3 is 3.08 bits per heavy atom. The largest absolute Gasteiger partial charge is 0.312 e. The molecule has 1 aromatic heterocycles. The van der Waals surface area contributed by atoms with Gasteiger partial charge in [0.25, 0.3) is 0 Å². The molecule has 13 heavy (non-hydrogen) atoms. The van der Waals surface area contributed by atoms with Gasteiger partial charge in [0, 0.05) is 4.88 Å². The Labute approximate surface area is 83.4 Å². The normalized spacial score (nSPS) is 25.6. The lowest BCUT2D eigenvalue weighted by atomic mass is 9.76. The van der Waals surface area contributed by atoms with Crippen LogP contribution in [0.3, 0.4) is 0 Å². The van der Waals surface area contributed by atoms with E-state index < -0.39 is 0 Å². The molecule has 2 nitrogen and oxygen atoms in total. The smallest absolute Gasteiger partial charge is 0.0798 e. The molecule has 1 N–H and O–H groups in total. The van der Waals surface area contributed by atoms with Crippen molar-refractivity contribution in [3.63, 3.8) is 0 Å². The summed E-state index contributed by atoms with van der Waals surface area (Å²) in [6, 6.07) is 0.463. The van der Waals surface area contributed by atoms with Crippen LogP contribution in [-0.2, 0) is 6.42 Å². The van der Waals surface area contributed by atoms with E-state index in [1.165, 1.54) is 23.4 Å². The first-order chi connectivity index (χ1) is 6.12. The van der Waals surface area contributed by atoms with Crippen LogP contribution in [0.5, 0.6) is 0 Å².